The van der Waals surface area contributed by atoms with Gasteiger partial charge in [0.1, 0.15) is 5.02 Å². The maximum absolute atomic E-state index is 11.8. The summed E-state index contributed by atoms with van der Waals surface area (Å²) in [7, 11) is 1.53. The number of nitrogens with zero attached hydrogens (tertiary/aromatic N) is 3. The van der Waals surface area contributed by atoms with Gasteiger partial charge in [-0.1, -0.05) is 11.6 Å². The van der Waals surface area contributed by atoms with Crippen LogP contribution in [0.1, 0.15) is 20.3 Å². The first-order chi connectivity index (χ1) is 9.01. The molecule has 0 aliphatic carbocycles. The second kappa shape index (κ2) is 7.13. The number of carbonyl (C=O) groups excluding carboxylic acids is 1. The fraction of sp³-hybridized carbons (Fsp3) is 0.583. The van der Waals surface area contributed by atoms with Crippen LogP contribution in [-0.4, -0.2) is 40.2 Å². The molecule has 0 aliphatic rings. The summed E-state index contributed by atoms with van der Waals surface area (Å²) >= 11 is 5.90. The topological polar surface area (TPSA) is 67.2 Å². The van der Waals surface area contributed by atoms with E-state index in [4.69, 9.17) is 11.6 Å². The highest BCUT2D eigenvalue weighted by atomic mass is 35.5. The number of carbonyl (C=O) groups is 1. The predicted molar refractivity (Wildman–Crippen MR) is 75.5 cm³/mol. The van der Waals surface area contributed by atoms with Crippen molar-refractivity contribution in [3.8, 4) is 0 Å². The van der Waals surface area contributed by atoms with Crippen LogP contribution in [0.3, 0.4) is 0 Å². The van der Waals surface area contributed by atoms with Crippen LogP contribution in [-0.2, 0) is 11.8 Å². The molecule has 0 aliphatic heterocycles. The molecule has 0 saturated carbocycles. The monoisotopic (exact) mass is 286 g/mol. The lowest BCUT2D eigenvalue weighted by Crippen LogP contribution is -2.31. The van der Waals surface area contributed by atoms with Gasteiger partial charge in [-0.2, -0.15) is 5.10 Å². The Balaban J connectivity index is 2.57. The molecule has 1 amide bonds. The van der Waals surface area contributed by atoms with Crippen molar-refractivity contribution in [1.82, 2.24) is 14.7 Å². The highest BCUT2D eigenvalue weighted by molar-refractivity contribution is 6.32. The lowest BCUT2D eigenvalue weighted by molar-refractivity contribution is -0.130. The Morgan fingerprint density at radius 3 is 2.68 bits per heavy atom. The molecule has 0 bridgehead atoms. The van der Waals surface area contributed by atoms with Crippen LogP contribution in [0.4, 0.5) is 5.69 Å². The van der Waals surface area contributed by atoms with E-state index < -0.39 is 0 Å². The van der Waals surface area contributed by atoms with Gasteiger partial charge in [-0.25, -0.2) is 4.68 Å². The second-order valence-corrected chi connectivity index (χ2v) is 4.42. The van der Waals surface area contributed by atoms with Crippen LogP contribution in [0, 0.1) is 0 Å². The Morgan fingerprint density at radius 1 is 1.47 bits per heavy atom. The number of hydrogen-bond acceptors (Lipinski definition) is 4. The summed E-state index contributed by atoms with van der Waals surface area (Å²) < 4.78 is 1.16. The number of halogens is 1. The second-order valence-electron chi connectivity index (χ2n) is 4.04. The Kier molecular flexibility index (Phi) is 5.82. The minimum Gasteiger partial charge on any atom is -0.382 e. The normalized spacial score (nSPS) is 10.3. The molecular formula is C12H19ClN4O2. The summed E-state index contributed by atoms with van der Waals surface area (Å²) in [5, 5.41) is 6.92. The van der Waals surface area contributed by atoms with E-state index in [-0.39, 0.29) is 16.5 Å². The number of amides is 1. The Morgan fingerprint density at radius 2 is 2.11 bits per heavy atom. The summed E-state index contributed by atoms with van der Waals surface area (Å²) in [6, 6.07) is 0. The van der Waals surface area contributed by atoms with Gasteiger partial charge in [-0.3, -0.25) is 9.59 Å². The number of hydrogen-bond donors (Lipinski definition) is 1. The molecule has 0 spiro atoms. The number of anilines is 1. The summed E-state index contributed by atoms with van der Waals surface area (Å²) in [4.78, 5) is 25.1. The molecule has 7 heteroatoms. The minimum absolute atomic E-state index is 0.0745. The van der Waals surface area contributed by atoms with E-state index in [1.54, 1.807) is 4.90 Å². The van der Waals surface area contributed by atoms with E-state index >= 15 is 0 Å². The van der Waals surface area contributed by atoms with Crippen molar-refractivity contribution in [3.05, 3.63) is 21.6 Å². The predicted octanol–water partition coefficient (Wildman–Crippen LogP) is 1.10. The molecule has 1 aromatic rings. The third-order valence-electron chi connectivity index (χ3n) is 2.85. The van der Waals surface area contributed by atoms with Gasteiger partial charge < -0.3 is 10.2 Å². The number of aromatic nitrogens is 2. The summed E-state index contributed by atoms with van der Waals surface area (Å²) in [6.45, 7) is 5.70. The summed E-state index contributed by atoms with van der Waals surface area (Å²) in [5.41, 5.74) is 0.0962. The molecule has 1 heterocycles. The van der Waals surface area contributed by atoms with Gasteiger partial charge in [-0.15, -0.1) is 0 Å². The zero-order valence-corrected chi connectivity index (χ0v) is 12.2. The average molecular weight is 287 g/mol. The van der Waals surface area contributed by atoms with Crippen molar-refractivity contribution >= 4 is 23.2 Å². The molecular weight excluding hydrogens is 268 g/mol. The first-order valence-electron chi connectivity index (χ1n) is 6.24. The fourth-order valence-corrected chi connectivity index (χ4v) is 1.91. The van der Waals surface area contributed by atoms with Crippen molar-refractivity contribution in [2.45, 2.75) is 20.3 Å². The van der Waals surface area contributed by atoms with E-state index in [1.807, 2.05) is 13.8 Å². The molecule has 6 nitrogen and oxygen atoms in total. The first kappa shape index (κ1) is 15.5. The average Bonchev–Trinajstić information content (AvgIpc) is 2.40. The first-order valence-corrected chi connectivity index (χ1v) is 6.62. The summed E-state index contributed by atoms with van der Waals surface area (Å²) in [5.74, 6) is 0.0745. The van der Waals surface area contributed by atoms with E-state index in [0.29, 0.717) is 31.7 Å². The van der Waals surface area contributed by atoms with E-state index in [0.717, 1.165) is 4.68 Å². The molecule has 0 atom stereocenters. The van der Waals surface area contributed by atoms with Gasteiger partial charge >= 0.3 is 0 Å². The summed E-state index contributed by atoms with van der Waals surface area (Å²) in [6.07, 6.45) is 1.83. The van der Waals surface area contributed by atoms with Crippen molar-refractivity contribution in [2.75, 3.05) is 25.0 Å². The SMILES string of the molecule is CCN(CC)C(=O)CCNc1cnn(C)c(=O)c1Cl. The third kappa shape index (κ3) is 3.96. The van der Waals surface area contributed by atoms with Crippen molar-refractivity contribution < 1.29 is 4.79 Å². The molecule has 0 unspecified atom stereocenters. The molecule has 0 saturated heterocycles. The van der Waals surface area contributed by atoms with Crippen LogP contribution in [0.25, 0.3) is 0 Å². The third-order valence-corrected chi connectivity index (χ3v) is 3.21. The Hall–Kier alpha value is -1.56. The molecule has 1 N–H and O–H groups in total. The molecule has 19 heavy (non-hydrogen) atoms. The lowest BCUT2D eigenvalue weighted by Gasteiger charge is -2.18. The van der Waals surface area contributed by atoms with Gasteiger partial charge in [0, 0.05) is 33.1 Å². The van der Waals surface area contributed by atoms with Crippen LogP contribution >= 0.6 is 11.6 Å². The molecule has 0 radical (unpaired) electrons. The van der Waals surface area contributed by atoms with Crippen molar-refractivity contribution in [1.29, 1.82) is 0 Å². The fourth-order valence-electron chi connectivity index (χ4n) is 1.67. The smallest absolute Gasteiger partial charge is 0.287 e. The van der Waals surface area contributed by atoms with Crippen molar-refractivity contribution in [3.63, 3.8) is 0 Å². The Labute approximate surface area is 117 Å². The van der Waals surface area contributed by atoms with Crippen LogP contribution < -0.4 is 10.9 Å². The standard InChI is InChI=1S/C12H19ClN4O2/c1-4-17(5-2)10(18)6-7-14-9-8-15-16(3)12(19)11(9)13/h8,14H,4-7H2,1-3H3. The van der Waals surface area contributed by atoms with Gasteiger partial charge in [0.2, 0.25) is 5.91 Å². The van der Waals surface area contributed by atoms with Crippen molar-refractivity contribution in [2.24, 2.45) is 7.05 Å². The van der Waals surface area contributed by atoms with Crippen LogP contribution in [0.15, 0.2) is 11.0 Å². The number of nitrogens with one attached hydrogen (secondary N) is 1. The molecule has 1 aromatic heterocycles. The molecule has 0 aromatic carbocycles. The minimum atomic E-state index is -0.360. The maximum Gasteiger partial charge on any atom is 0.287 e. The molecule has 0 fully saturated rings. The lowest BCUT2D eigenvalue weighted by atomic mass is 10.3. The van der Waals surface area contributed by atoms with E-state index in [2.05, 4.69) is 10.4 Å². The van der Waals surface area contributed by atoms with Gasteiger partial charge in [-0.05, 0) is 13.8 Å². The Bertz CT molecular complexity index is 497. The number of aryl methyl sites for hydroxylation is 1. The van der Waals surface area contributed by atoms with Crippen LogP contribution in [0.5, 0.6) is 0 Å². The van der Waals surface area contributed by atoms with Gasteiger partial charge in [0.25, 0.3) is 5.56 Å². The number of rotatable bonds is 6. The van der Waals surface area contributed by atoms with E-state index in [1.165, 1.54) is 13.2 Å². The zero-order chi connectivity index (χ0) is 14.4. The van der Waals surface area contributed by atoms with E-state index in [9.17, 15) is 9.59 Å². The van der Waals surface area contributed by atoms with Crippen LogP contribution in [0.2, 0.25) is 5.02 Å². The quantitative estimate of drug-likeness (QED) is 0.850. The molecule has 106 valence electrons. The van der Waals surface area contributed by atoms with Gasteiger partial charge in [0.15, 0.2) is 0 Å². The zero-order valence-electron chi connectivity index (χ0n) is 11.4. The highest BCUT2D eigenvalue weighted by Gasteiger charge is 2.10. The van der Waals surface area contributed by atoms with Gasteiger partial charge in [0.05, 0.1) is 11.9 Å². The molecule has 1 rings (SSSR count). The highest BCUT2D eigenvalue weighted by Crippen LogP contribution is 2.14. The largest absolute Gasteiger partial charge is 0.382 e. The maximum atomic E-state index is 11.8.